The molecule has 0 bridgehead atoms. The lowest BCUT2D eigenvalue weighted by molar-refractivity contribution is -0.139. The number of ether oxygens (including phenoxy) is 2. The molecule has 18 heteroatoms. The third kappa shape index (κ3) is 6.90. The third-order valence-electron chi connectivity index (χ3n) is 10.3. The molecule has 1 unspecified atom stereocenters. The maximum Gasteiger partial charge on any atom is 0.418 e. The Bertz CT molecular complexity index is 1920. The second kappa shape index (κ2) is 13.9. The molecule has 280 valence electrons. The van der Waals surface area contributed by atoms with E-state index in [1.807, 2.05) is 4.90 Å². The van der Waals surface area contributed by atoms with E-state index in [2.05, 4.69) is 10.00 Å². The number of nitrogens with two attached hydrogens (primary N) is 1. The molecule has 2 aromatic heterocycles. The standard InChI is InChI=1S/C34H37Cl2F5N8O3/c1-46(2)31(50)29-28(36)24-15-47(6-4-8-49(24)45-29)30-21-16-51-25(20-10-19(42)11-22(35)27(20)34(39,40)41)12-23(21)43-32(44-30)52-17-33-5-3-7-48(33)14-18(13-33)9-26(37)38/h9-11,18,25H,3-8,12-17,42H2,1-2H3/t18-,25+,33?/m0/s1. The number of anilines is 2. The van der Waals surface area contributed by atoms with Gasteiger partial charge in [-0.25, -0.2) is 0 Å². The Kier molecular flexibility index (Phi) is 9.80. The van der Waals surface area contributed by atoms with Crippen LogP contribution in [0.1, 0.15) is 70.4 Å². The Morgan fingerprint density at radius 1 is 1.17 bits per heavy atom. The Labute approximate surface area is 306 Å². The molecule has 1 amide bonds. The van der Waals surface area contributed by atoms with Gasteiger partial charge in [-0.05, 0) is 61.9 Å². The number of aromatic nitrogens is 4. The second-order valence-electron chi connectivity index (χ2n) is 14.0. The lowest BCUT2D eigenvalue weighted by Gasteiger charge is -2.33. The normalized spacial score (nSPS) is 23.1. The highest BCUT2D eigenvalue weighted by Crippen LogP contribution is 2.46. The minimum atomic E-state index is -4.78. The number of benzene rings is 1. The molecule has 2 fully saturated rings. The number of amides is 1. The molecule has 6 heterocycles. The van der Waals surface area contributed by atoms with Crippen LogP contribution in [0.3, 0.4) is 0 Å². The van der Waals surface area contributed by atoms with Crippen LogP contribution in [0.15, 0.2) is 24.3 Å². The number of carbonyl (C=O) groups is 1. The number of alkyl halides is 3. The average Bonchev–Trinajstić information content (AvgIpc) is 3.64. The zero-order valence-electron chi connectivity index (χ0n) is 28.5. The van der Waals surface area contributed by atoms with Gasteiger partial charge in [0.25, 0.3) is 12.0 Å². The van der Waals surface area contributed by atoms with E-state index in [4.69, 9.17) is 48.4 Å². The fourth-order valence-electron chi connectivity index (χ4n) is 8.03. The predicted molar refractivity (Wildman–Crippen MR) is 182 cm³/mol. The highest BCUT2D eigenvalue weighted by atomic mass is 35.5. The van der Waals surface area contributed by atoms with Crippen molar-refractivity contribution in [1.82, 2.24) is 29.5 Å². The molecule has 2 N–H and O–H groups in total. The van der Waals surface area contributed by atoms with E-state index < -0.39 is 34.5 Å². The van der Waals surface area contributed by atoms with Gasteiger partial charge in [0.05, 0.1) is 51.8 Å². The number of hydrogen-bond donors (Lipinski definition) is 1. The summed E-state index contributed by atoms with van der Waals surface area (Å²) in [6, 6.07) is 2.27. The van der Waals surface area contributed by atoms with Crippen LogP contribution in [0, 0.1) is 5.92 Å². The summed E-state index contributed by atoms with van der Waals surface area (Å²) < 4.78 is 83.4. The summed E-state index contributed by atoms with van der Waals surface area (Å²) in [5.41, 5.74) is 5.98. The van der Waals surface area contributed by atoms with E-state index in [9.17, 15) is 26.7 Å². The monoisotopic (exact) mass is 770 g/mol. The first-order valence-corrected chi connectivity index (χ1v) is 17.7. The van der Waals surface area contributed by atoms with Crippen LogP contribution < -0.4 is 15.4 Å². The molecule has 3 atom stereocenters. The summed E-state index contributed by atoms with van der Waals surface area (Å²) in [6.45, 7) is 2.43. The molecular formula is C34H37Cl2F5N8O3. The Balaban J connectivity index is 1.26. The van der Waals surface area contributed by atoms with E-state index >= 15 is 0 Å². The molecule has 7 rings (SSSR count). The minimum absolute atomic E-state index is 0.000248. The van der Waals surface area contributed by atoms with Gasteiger partial charge in [0, 0.05) is 51.4 Å². The van der Waals surface area contributed by atoms with Crippen LogP contribution >= 0.6 is 23.2 Å². The van der Waals surface area contributed by atoms with E-state index in [-0.39, 0.29) is 66.0 Å². The number of nitrogen functional groups attached to an aromatic ring is 1. The summed E-state index contributed by atoms with van der Waals surface area (Å²) in [4.78, 5) is 27.9. The quantitative estimate of drug-likeness (QED) is 0.212. The van der Waals surface area contributed by atoms with E-state index in [1.54, 1.807) is 18.8 Å². The van der Waals surface area contributed by atoms with Gasteiger partial charge >= 0.3 is 12.2 Å². The first-order chi connectivity index (χ1) is 24.6. The van der Waals surface area contributed by atoms with Crippen LogP contribution in [0.4, 0.5) is 33.5 Å². The number of fused-ring (bicyclic) bond motifs is 3. The van der Waals surface area contributed by atoms with Crippen molar-refractivity contribution in [1.29, 1.82) is 0 Å². The van der Waals surface area contributed by atoms with Crippen LogP contribution in [0.25, 0.3) is 0 Å². The lowest BCUT2D eigenvalue weighted by Crippen LogP contribution is -2.43. The smallest absolute Gasteiger partial charge is 0.418 e. The fourth-order valence-corrected chi connectivity index (χ4v) is 8.65. The van der Waals surface area contributed by atoms with Gasteiger partial charge in [0.1, 0.15) is 12.4 Å². The summed E-state index contributed by atoms with van der Waals surface area (Å²) in [5, 5.41) is 4.18. The maximum atomic E-state index is 14.3. The number of rotatable bonds is 7. The van der Waals surface area contributed by atoms with Crippen molar-refractivity contribution in [2.45, 2.75) is 69.6 Å². The highest BCUT2D eigenvalue weighted by Gasteiger charge is 2.49. The van der Waals surface area contributed by atoms with Crippen molar-refractivity contribution in [3.63, 3.8) is 0 Å². The van der Waals surface area contributed by atoms with Crippen LogP contribution in [-0.2, 0) is 37.0 Å². The molecule has 0 radical (unpaired) electrons. The minimum Gasteiger partial charge on any atom is -0.461 e. The van der Waals surface area contributed by atoms with Crippen LogP contribution in [0.2, 0.25) is 10.0 Å². The van der Waals surface area contributed by atoms with Gasteiger partial charge < -0.3 is 25.0 Å². The van der Waals surface area contributed by atoms with Gasteiger partial charge in [-0.3, -0.25) is 14.4 Å². The largest absolute Gasteiger partial charge is 0.461 e. The number of halogens is 7. The lowest BCUT2D eigenvalue weighted by atomic mass is 9.91. The summed E-state index contributed by atoms with van der Waals surface area (Å²) in [5.74, 6) is -0.222. The number of nitrogens with zero attached hydrogens (tertiary/aromatic N) is 7. The van der Waals surface area contributed by atoms with Gasteiger partial charge in [-0.15, -0.1) is 0 Å². The molecule has 4 aliphatic heterocycles. The van der Waals surface area contributed by atoms with E-state index in [1.165, 1.54) is 11.0 Å². The van der Waals surface area contributed by atoms with Crippen molar-refractivity contribution in [3.05, 3.63) is 68.1 Å². The Morgan fingerprint density at radius 2 is 1.96 bits per heavy atom. The zero-order chi connectivity index (χ0) is 37.1. The van der Waals surface area contributed by atoms with Crippen molar-refractivity contribution in [3.8, 4) is 6.01 Å². The van der Waals surface area contributed by atoms with Crippen molar-refractivity contribution in [2.24, 2.45) is 5.92 Å². The molecule has 52 heavy (non-hydrogen) atoms. The van der Waals surface area contributed by atoms with Gasteiger partial charge in [-0.1, -0.05) is 23.2 Å². The SMILES string of the molecule is CN(C)C(=O)c1nn2c(c1Cl)CN(c1nc(OCC34CCCN3C[C@@H](C=C(F)F)C4)nc3c1CO[C@@H](c1cc(N)cc(Cl)c1C(F)(F)F)C3)CCC2. The third-order valence-corrected chi connectivity index (χ3v) is 11.0. The fraction of sp³-hybridized carbons (Fsp3) is 0.529. The molecule has 3 aromatic rings. The summed E-state index contributed by atoms with van der Waals surface area (Å²) in [6.07, 6.45) is -3.94. The maximum absolute atomic E-state index is 14.3. The Morgan fingerprint density at radius 3 is 2.69 bits per heavy atom. The number of aryl methyl sites for hydroxylation is 1. The Hall–Kier alpha value is -3.73. The molecule has 1 aromatic carbocycles. The zero-order valence-corrected chi connectivity index (χ0v) is 30.0. The van der Waals surface area contributed by atoms with Gasteiger partial charge in [0.15, 0.2) is 5.69 Å². The first-order valence-electron chi connectivity index (χ1n) is 16.9. The van der Waals surface area contributed by atoms with Crippen molar-refractivity contribution >= 4 is 40.6 Å². The molecule has 0 aliphatic carbocycles. The predicted octanol–water partition coefficient (Wildman–Crippen LogP) is 6.52. The molecular weight excluding hydrogens is 734 g/mol. The average molecular weight is 772 g/mol. The molecule has 0 saturated carbocycles. The van der Waals surface area contributed by atoms with Crippen LogP contribution in [0.5, 0.6) is 6.01 Å². The first kappa shape index (κ1) is 36.6. The highest BCUT2D eigenvalue weighted by molar-refractivity contribution is 6.34. The molecule has 0 spiro atoms. The molecule has 4 aliphatic rings. The summed E-state index contributed by atoms with van der Waals surface area (Å²) in [7, 11) is 3.22. The molecule has 11 nitrogen and oxygen atoms in total. The van der Waals surface area contributed by atoms with Crippen molar-refractivity contribution in [2.75, 3.05) is 51.0 Å². The summed E-state index contributed by atoms with van der Waals surface area (Å²) >= 11 is 12.8. The molecule has 2 saturated heterocycles. The topological polar surface area (TPSA) is 115 Å². The van der Waals surface area contributed by atoms with Gasteiger partial charge in [0.2, 0.25) is 0 Å². The van der Waals surface area contributed by atoms with E-state index in [0.717, 1.165) is 31.5 Å². The number of carbonyl (C=O) groups excluding carboxylic acids is 1. The van der Waals surface area contributed by atoms with Crippen LogP contribution in [-0.4, -0.2) is 81.3 Å². The van der Waals surface area contributed by atoms with E-state index in [0.29, 0.717) is 55.2 Å². The number of hydrogen-bond acceptors (Lipinski definition) is 9. The van der Waals surface area contributed by atoms with Gasteiger partial charge in [-0.2, -0.15) is 37.0 Å². The second-order valence-corrected chi connectivity index (χ2v) is 14.8. The van der Waals surface area contributed by atoms with Crippen molar-refractivity contribution < 1.29 is 36.2 Å².